The molecule has 5 heteroatoms. The third kappa shape index (κ3) is 3.05. The third-order valence-electron chi connectivity index (χ3n) is 5.05. The molecule has 0 bridgehead atoms. The van der Waals surface area contributed by atoms with E-state index in [2.05, 4.69) is 0 Å². The first-order chi connectivity index (χ1) is 11.1. The fourth-order valence-electron chi connectivity index (χ4n) is 3.73. The quantitative estimate of drug-likeness (QED) is 0.859. The van der Waals surface area contributed by atoms with Crippen LogP contribution in [0, 0.1) is 5.92 Å². The zero-order valence-corrected chi connectivity index (χ0v) is 13.8. The lowest BCUT2D eigenvalue weighted by Crippen LogP contribution is -2.47. The maximum Gasteiger partial charge on any atom is 0.228 e. The van der Waals surface area contributed by atoms with Gasteiger partial charge in [-0.3, -0.25) is 9.59 Å². The van der Waals surface area contributed by atoms with Gasteiger partial charge in [0.05, 0.1) is 19.1 Å². The zero-order valence-electron chi connectivity index (χ0n) is 13.8. The van der Waals surface area contributed by atoms with Crippen LogP contribution in [0.1, 0.15) is 37.3 Å². The molecule has 0 N–H and O–H groups in total. The fraction of sp³-hybridized carbons (Fsp3) is 0.556. The highest BCUT2D eigenvalue weighted by Gasteiger charge is 2.40. The standard InChI is InChI=1S/C18H24N2O3/c1-19-16(21)10-9-15(18(22)20-11-3-4-12-20)17(19)13-5-7-14(23-2)8-6-13/h5-8,15,17H,3-4,9-12H2,1-2H3/t15-,17+/m1/s1. The summed E-state index contributed by atoms with van der Waals surface area (Å²) in [5.74, 6) is 0.934. The molecule has 0 radical (unpaired) electrons. The van der Waals surface area contributed by atoms with Crippen LogP contribution < -0.4 is 4.74 Å². The van der Waals surface area contributed by atoms with E-state index in [0.717, 1.165) is 37.2 Å². The van der Waals surface area contributed by atoms with Gasteiger partial charge < -0.3 is 14.5 Å². The second kappa shape index (κ2) is 6.60. The van der Waals surface area contributed by atoms with Crippen LogP contribution >= 0.6 is 0 Å². The molecule has 5 nitrogen and oxygen atoms in total. The number of carbonyl (C=O) groups is 2. The third-order valence-corrected chi connectivity index (χ3v) is 5.05. The smallest absolute Gasteiger partial charge is 0.228 e. The van der Waals surface area contributed by atoms with Gasteiger partial charge in [-0.1, -0.05) is 12.1 Å². The maximum atomic E-state index is 12.9. The van der Waals surface area contributed by atoms with Gasteiger partial charge in [-0.15, -0.1) is 0 Å². The minimum Gasteiger partial charge on any atom is -0.497 e. The molecule has 2 aliphatic rings. The van der Waals surface area contributed by atoms with Crippen molar-refractivity contribution in [1.29, 1.82) is 0 Å². The van der Waals surface area contributed by atoms with Crippen molar-refractivity contribution in [3.05, 3.63) is 29.8 Å². The van der Waals surface area contributed by atoms with Crippen LogP contribution in [0.5, 0.6) is 5.75 Å². The van der Waals surface area contributed by atoms with E-state index in [1.165, 1.54) is 0 Å². The first-order valence-corrected chi connectivity index (χ1v) is 8.30. The van der Waals surface area contributed by atoms with Crippen molar-refractivity contribution in [3.63, 3.8) is 0 Å². The number of hydrogen-bond acceptors (Lipinski definition) is 3. The lowest BCUT2D eigenvalue weighted by atomic mass is 9.83. The van der Waals surface area contributed by atoms with E-state index < -0.39 is 0 Å². The first kappa shape index (κ1) is 15.8. The van der Waals surface area contributed by atoms with Gasteiger partial charge in [-0.25, -0.2) is 0 Å². The Kier molecular flexibility index (Phi) is 4.55. The highest BCUT2D eigenvalue weighted by atomic mass is 16.5. The zero-order chi connectivity index (χ0) is 16.4. The molecule has 0 aromatic heterocycles. The number of nitrogens with zero attached hydrogens (tertiary/aromatic N) is 2. The highest BCUT2D eigenvalue weighted by Crippen LogP contribution is 2.37. The second-order valence-corrected chi connectivity index (χ2v) is 6.40. The molecule has 2 aliphatic heterocycles. The summed E-state index contributed by atoms with van der Waals surface area (Å²) in [6, 6.07) is 7.51. The summed E-state index contributed by atoms with van der Waals surface area (Å²) in [4.78, 5) is 28.8. The molecule has 1 aromatic rings. The molecule has 2 atom stereocenters. The van der Waals surface area contributed by atoms with Crippen molar-refractivity contribution in [2.75, 3.05) is 27.2 Å². The van der Waals surface area contributed by atoms with E-state index in [1.54, 1.807) is 19.1 Å². The molecule has 0 aliphatic carbocycles. The number of hydrogen-bond donors (Lipinski definition) is 0. The highest BCUT2D eigenvalue weighted by molar-refractivity contribution is 5.85. The van der Waals surface area contributed by atoms with E-state index >= 15 is 0 Å². The van der Waals surface area contributed by atoms with Gasteiger partial charge in [0.1, 0.15) is 5.75 Å². The Hall–Kier alpha value is -2.04. The van der Waals surface area contributed by atoms with Crippen LogP contribution in [-0.2, 0) is 9.59 Å². The summed E-state index contributed by atoms with van der Waals surface area (Å²) in [5.41, 5.74) is 0.999. The number of likely N-dealkylation sites (tertiary alicyclic amines) is 2. The Morgan fingerprint density at radius 2 is 1.83 bits per heavy atom. The number of ether oxygens (including phenoxy) is 1. The number of carbonyl (C=O) groups excluding carboxylic acids is 2. The molecule has 0 saturated carbocycles. The van der Waals surface area contributed by atoms with Crippen molar-refractivity contribution < 1.29 is 14.3 Å². The van der Waals surface area contributed by atoms with E-state index in [0.29, 0.717) is 12.8 Å². The van der Waals surface area contributed by atoms with Crippen LogP contribution in [-0.4, -0.2) is 48.9 Å². The van der Waals surface area contributed by atoms with Gasteiger partial charge >= 0.3 is 0 Å². The summed E-state index contributed by atoms with van der Waals surface area (Å²) in [5, 5.41) is 0. The average Bonchev–Trinajstić information content (AvgIpc) is 3.11. The molecule has 2 heterocycles. The molecule has 2 saturated heterocycles. The predicted molar refractivity (Wildman–Crippen MR) is 87.0 cm³/mol. The van der Waals surface area contributed by atoms with Crippen molar-refractivity contribution in [2.24, 2.45) is 5.92 Å². The van der Waals surface area contributed by atoms with Crippen molar-refractivity contribution >= 4 is 11.8 Å². The topological polar surface area (TPSA) is 49.9 Å². The van der Waals surface area contributed by atoms with E-state index in [9.17, 15) is 9.59 Å². The van der Waals surface area contributed by atoms with E-state index in [-0.39, 0.29) is 23.8 Å². The Morgan fingerprint density at radius 1 is 1.17 bits per heavy atom. The summed E-state index contributed by atoms with van der Waals surface area (Å²) in [6.45, 7) is 1.70. The number of piperidine rings is 1. The predicted octanol–water partition coefficient (Wildman–Crippen LogP) is 2.23. The van der Waals surface area contributed by atoms with Gasteiger partial charge in [-0.05, 0) is 37.0 Å². The largest absolute Gasteiger partial charge is 0.497 e. The van der Waals surface area contributed by atoms with Gasteiger partial charge in [0, 0.05) is 26.6 Å². The van der Waals surface area contributed by atoms with Crippen LogP contribution in [0.4, 0.5) is 0 Å². The monoisotopic (exact) mass is 316 g/mol. The molecule has 124 valence electrons. The molecule has 0 spiro atoms. The average molecular weight is 316 g/mol. The summed E-state index contributed by atoms with van der Waals surface area (Å²) in [6.07, 6.45) is 3.25. The molecule has 2 fully saturated rings. The molecule has 0 unspecified atom stereocenters. The van der Waals surface area contributed by atoms with Crippen molar-refractivity contribution in [3.8, 4) is 5.75 Å². The lowest BCUT2D eigenvalue weighted by molar-refractivity contribution is -0.146. The minimum absolute atomic E-state index is 0.108. The normalized spacial score (nSPS) is 24.9. The molecular formula is C18H24N2O3. The summed E-state index contributed by atoms with van der Waals surface area (Å²) in [7, 11) is 3.44. The lowest BCUT2D eigenvalue weighted by Gasteiger charge is -2.40. The Labute approximate surface area is 137 Å². The van der Waals surface area contributed by atoms with E-state index in [1.807, 2.05) is 29.2 Å². The van der Waals surface area contributed by atoms with E-state index in [4.69, 9.17) is 4.74 Å². The Bertz CT molecular complexity index is 578. The van der Waals surface area contributed by atoms with Crippen LogP contribution in [0.2, 0.25) is 0 Å². The van der Waals surface area contributed by atoms with Crippen LogP contribution in [0.25, 0.3) is 0 Å². The fourth-order valence-corrected chi connectivity index (χ4v) is 3.73. The van der Waals surface area contributed by atoms with Crippen molar-refractivity contribution in [1.82, 2.24) is 9.80 Å². The molecular weight excluding hydrogens is 292 g/mol. The van der Waals surface area contributed by atoms with Gasteiger partial charge in [0.25, 0.3) is 0 Å². The summed E-state index contributed by atoms with van der Waals surface area (Å²) >= 11 is 0. The number of benzene rings is 1. The number of amides is 2. The van der Waals surface area contributed by atoms with Gasteiger partial charge in [0.2, 0.25) is 11.8 Å². The maximum absolute atomic E-state index is 12.9. The summed E-state index contributed by atoms with van der Waals surface area (Å²) < 4.78 is 5.20. The molecule has 3 rings (SSSR count). The Morgan fingerprint density at radius 3 is 2.43 bits per heavy atom. The van der Waals surface area contributed by atoms with Crippen LogP contribution in [0.3, 0.4) is 0 Å². The first-order valence-electron chi connectivity index (χ1n) is 8.30. The van der Waals surface area contributed by atoms with Crippen LogP contribution in [0.15, 0.2) is 24.3 Å². The Balaban J connectivity index is 1.89. The van der Waals surface area contributed by atoms with Gasteiger partial charge in [0.15, 0.2) is 0 Å². The minimum atomic E-state index is -0.185. The molecule has 2 amide bonds. The van der Waals surface area contributed by atoms with Crippen molar-refractivity contribution in [2.45, 2.75) is 31.7 Å². The molecule has 1 aromatic carbocycles. The molecule has 23 heavy (non-hydrogen) atoms. The second-order valence-electron chi connectivity index (χ2n) is 6.40. The number of methoxy groups -OCH3 is 1. The number of rotatable bonds is 3. The van der Waals surface area contributed by atoms with Gasteiger partial charge in [-0.2, -0.15) is 0 Å². The SMILES string of the molecule is COc1ccc([C@H]2[C@H](C(=O)N3CCCC3)CCC(=O)N2C)cc1.